The first-order valence-corrected chi connectivity index (χ1v) is 7.51. The third-order valence-corrected chi connectivity index (χ3v) is 3.59. The summed E-state index contributed by atoms with van der Waals surface area (Å²) in [5.74, 6) is -0.352. The van der Waals surface area contributed by atoms with Crippen molar-refractivity contribution in [2.75, 3.05) is 7.11 Å². The van der Waals surface area contributed by atoms with Gasteiger partial charge in [-0.2, -0.15) is 13.9 Å². The van der Waals surface area contributed by atoms with Crippen LogP contribution < -0.4 is 14.9 Å². The van der Waals surface area contributed by atoms with Gasteiger partial charge < -0.3 is 9.47 Å². The summed E-state index contributed by atoms with van der Waals surface area (Å²) in [5, 5.41) is 3.81. The molecular weight excluding hydrogens is 386 g/mol. The minimum atomic E-state index is -2.97. The Kier molecular flexibility index (Phi) is 6.25. The third kappa shape index (κ3) is 4.76. The number of rotatable bonds is 6. The number of hydrazone groups is 1. The fourth-order valence-electron chi connectivity index (χ4n) is 1.83. The number of methoxy groups -OCH3 is 1. The van der Waals surface area contributed by atoms with E-state index in [9.17, 15) is 13.6 Å². The van der Waals surface area contributed by atoms with Crippen molar-refractivity contribution in [2.24, 2.45) is 5.10 Å². The molecule has 2 aromatic rings. The van der Waals surface area contributed by atoms with Gasteiger partial charge in [0.15, 0.2) is 11.5 Å². The second-order valence-corrected chi connectivity index (χ2v) is 5.32. The van der Waals surface area contributed by atoms with Crippen molar-refractivity contribution < 1.29 is 23.0 Å². The molecule has 0 atom stereocenters. The van der Waals surface area contributed by atoms with Crippen molar-refractivity contribution in [3.8, 4) is 11.5 Å². The molecular formula is C16H13BrF2N2O3. The van der Waals surface area contributed by atoms with Crippen LogP contribution in [-0.4, -0.2) is 25.8 Å². The number of alkyl halides is 2. The van der Waals surface area contributed by atoms with E-state index in [-0.39, 0.29) is 11.5 Å². The smallest absolute Gasteiger partial charge is 0.387 e. The predicted octanol–water partition coefficient (Wildman–Crippen LogP) is 3.82. The van der Waals surface area contributed by atoms with Crippen LogP contribution in [0.5, 0.6) is 11.5 Å². The lowest BCUT2D eigenvalue weighted by Crippen LogP contribution is -2.18. The highest BCUT2D eigenvalue weighted by Gasteiger charge is 2.11. The molecule has 1 amide bonds. The van der Waals surface area contributed by atoms with Crippen LogP contribution in [0.3, 0.4) is 0 Å². The maximum Gasteiger partial charge on any atom is 0.387 e. The zero-order chi connectivity index (χ0) is 17.5. The maximum atomic E-state index is 12.4. The summed E-state index contributed by atoms with van der Waals surface area (Å²) in [4.78, 5) is 12.0. The molecule has 24 heavy (non-hydrogen) atoms. The molecule has 0 bridgehead atoms. The monoisotopic (exact) mass is 398 g/mol. The normalized spacial score (nSPS) is 10.9. The molecule has 0 radical (unpaired) electrons. The topological polar surface area (TPSA) is 59.9 Å². The average Bonchev–Trinajstić information content (AvgIpc) is 2.55. The highest BCUT2D eigenvalue weighted by Crippen LogP contribution is 2.28. The molecule has 0 fully saturated rings. The summed E-state index contributed by atoms with van der Waals surface area (Å²) in [6.45, 7) is -2.97. The summed E-state index contributed by atoms with van der Waals surface area (Å²) in [6.07, 6.45) is 1.31. The summed E-state index contributed by atoms with van der Waals surface area (Å²) in [6, 6.07) is 11.3. The van der Waals surface area contributed by atoms with Crippen LogP contribution in [0.4, 0.5) is 8.78 Å². The molecule has 2 aromatic carbocycles. The molecule has 0 saturated carbocycles. The van der Waals surface area contributed by atoms with Crippen LogP contribution in [0.15, 0.2) is 52.0 Å². The van der Waals surface area contributed by atoms with Gasteiger partial charge in [0, 0.05) is 4.47 Å². The Hall–Kier alpha value is -2.48. The number of ether oxygens (including phenoxy) is 2. The molecule has 0 heterocycles. The lowest BCUT2D eigenvalue weighted by molar-refractivity contribution is -0.0512. The first kappa shape index (κ1) is 17.9. The second-order valence-electron chi connectivity index (χ2n) is 4.47. The molecule has 8 heteroatoms. The molecule has 2 rings (SSSR count). The predicted molar refractivity (Wildman–Crippen MR) is 88.8 cm³/mol. The van der Waals surface area contributed by atoms with E-state index in [2.05, 4.69) is 31.2 Å². The zero-order valence-electron chi connectivity index (χ0n) is 12.5. The van der Waals surface area contributed by atoms with E-state index in [0.717, 1.165) is 0 Å². The van der Waals surface area contributed by atoms with E-state index in [1.165, 1.54) is 25.5 Å². The molecule has 0 aliphatic carbocycles. The van der Waals surface area contributed by atoms with E-state index in [4.69, 9.17) is 4.74 Å². The van der Waals surface area contributed by atoms with Crippen molar-refractivity contribution in [3.63, 3.8) is 0 Å². The summed E-state index contributed by atoms with van der Waals surface area (Å²) in [7, 11) is 1.35. The Bertz CT molecular complexity index is 754. The third-order valence-electron chi connectivity index (χ3n) is 2.90. The lowest BCUT2D eigenvalue weighted by atomic mass is 10.2. The van der Waals surface area contributed by atoms with Crippen LogP contribution in [-0.2, 0) is 0 Å². The minimum Gasteiger partial charge on any atom is -0.493 e. The van der Waals surface area contributed by atoms with Gasteiger partial charge in [-0.3, -0.25) is 4.79 Å². The first-order valence-electron chi connectivity index (χ1n) is 6.72. The Labute approximate surface area is 145 Å². The van der Waals surface area contributed by atoms with Gasteiger partial charge in [-0.05, 0) is 51.8 Å². The lowest BCUT2D eigenvalue weighted by Gasteiger charge is -2.10. The minimum absolute atomic E-state index is 0.117. The molecule has 0 aromatic heterocycles. The van der Waals surface area contributed by atoms with E-state index >= 15 is 0 Å². The van der Waals surface area contributed by atoms with Crippen molar-refractivity contribution in [1.82, 2.24) is 5.43 Å². The second kappa shape index (κ2) is 8.39. The molecule has 0 aliphatic heterocycles. The number of hydrogen-bond acceptors (Lipinski definition) is 4. The number of benzene rings is 2. The largest absolute Gasteiger partial charge is 0.493 e. The molecule has 126 valence electrons. The van der Waals surface area contributed by atoms with Crippen molar-refractivity contribution in [2.45, 2.75) is 6.61 Å². The Morgan fingerprint density at radius 2 is 2.00 bits per heavy atom. The first-order chi connectivity index (χ1) is 11.5. The number of nitrogens with zero attached hydrogens (tertiary/aromatic N) is 1. The fraction of sp³-hybridized carbons (Fsp3) is 0.125. The SMILES string of the molecule is COc1ccc(/C=N\NC(=O)c2ccccc2Br)cc1OC(F)F. The van der Waals surface area contributed by atoms with Gasteiger partial charge >= 0.3 is 6.61 Å². The van der Waals surface area contributed by atoms with Crippen molar-refractivity contribution in [1.29, 1.82) is 0 Å². The average molecular weight is 399 g/mol. The van der Waals surface area contributed by atoms with Crippen LogP contribution >= 0.6 is 15.9 Å². The van der Waals surface area contributed by atoms with E-state index in [0.29, 0.717) is 15.6 Å². The number of nitrogens with one attached hydrogen (secondary N) is 1. The number of carbonyl (C=O) groups is 1. The fourth-order valence-corrected chi connectivity index (χ4v) is 2.30. The number of amides is 1. The van der Waals surface area contributed by atoms with Gasteiger partial charge in [-0.1, -0.05) is 12.1 Å². The quantitative estimate of drug-likeness (QED) is 0.594. The Morgan fingerprint density at radius 3 is 2.67 bits per heavy atom. The van der Waals surface area contributed by atoms with Crippen molar-refractivity contribution in [3.05, 3.63) is 58.1 Å². The van der Waals surface area contributed by atoms with Crippen LogP contribution in [0, 0.1) is 0 Å². The maximum absolute atomic E-state index is 12.4. The standard InChI is InChI=1S/C16H13BrF2N2O3/c1-23-13-7-6-10(8-14(13)24-16(18)19)9-20-21-15(22)11-4-2-3-5-12(11)17/h2-9,16H,1H3,(H,21,22)/b20-9-. The summed E-state index contributed by atoms with van der Waals surface area (Å²) >= 11 is 3.27. The zero-order valence-corrected chi connectivity index (χ0v) is 14.1. The number of carbonyl (C=O) groups excluding carboxylic acids is 1. The van der Waals surface area contributed by atoms with Gasteiger partial charge in [0.1, 0.15) is 0 Å². The summed E-state index contributed by atoms with van der Waals surface area (Å²) in [5.41, 5.74) is 3.24. The molecule has 0 aliphatic rings. The van der Waals surface area contributed by atoms with Gasteiger partial charge in [0.05, 0.1) is 18.9 Å². The summed E-state index contributed by atoms with van der Waals surface area (Å²) < 4.78 is 34.7. The van der Waals surface area contributed by atoms with Crippen LogP contribution in [0.25, 0.3) is 0 Å². The molecule has 0 saturated heterocycles. The van der Waals surface area contributed by atoms with Gasteiger partial charge in [-0.25, -0.2) is 5.43 Å². The van der Waals surface area contributed by atoms with Crippen LogP contribution in [0.1, 0.15) is 15.9 Å². The van der Waals surface area contributed by atoms with E-state index in [1.807, 2.05) is 0 Å². The number of halogens is 3. The van der Waals surface area contributed by atoms with Gasteiger partial charge in [-0.15, -0.1) is 0 Å². The van der Waals surface area contributed by atoms with E-state index in [1.54, 1.807) is 30.3 Å². The highest BCUT2D eigenvalue weighted by atomic mass is 79.9. The number of hydrogen-bond donors (Lipinski definition) is 1. The molecule has 1 N–H and O–H groups in total. The molecule has 0 unspecified atom stereocenters. The molecule has 5 nitrogen and oxygen atoms in total. The Balaban J connectivity index is 2.09. The van der Waals surface area contributed by atoms with Gasteiger partial charge in [0.2, 0.25) is 0 Å². The highest BCUT2D eigenvalue weighted by molar-refractivity contribution is 9.10. The van der Waals surface area contributed by atoms with Crippen LogP contribution in [0.2, 0.25) is 0 Å². The molecule has 0 spiro atoms. The Morgan fingerprint density at radius 1 is 1.25 bits per heavy atom. The van der Waals surface area contributed by atoms with E-state index < -0.39 is 12.5 Å². The van der Waals surface area contributed by atoms with Crippen molar-refractivity contribution >= 4 is 28.1 Å². The van der Waals surface area contributed by atoms with Gasteiger partial charge in [0.25, 0.3) is 5.91 Å².